The topological polar surface area (TPSA) is 55.4 Å². The van der Waals surface area contributed by atoms with Gasteiger partial charge in [0.05, 0.1) is 6.54 Å². The number of nitrogens with one attached hydrogen (secondary N) is 1. The van der Waals surface area contributed by atoms with Crippen LogP contribution in [0.2, 0.25) is 0 Å². The molecule has 0 rings (SSSR count). The van der Waals surface area contributed by atoms with Gasteiger partial charge >= 0.3 is 0 Å². The van der Waals surface area contributed by atoms with Gasteiger partial charge in [-0.25, -0.2) is 0 Å². The summed E-state index contributed by atoms with van der Waals surface area (Å²) in [7, 11) is 1.98. The number of carbonyl (C=O) groups is 1. The van der Waals surface area contributed by atoms with Crippen molar-refractivity contribution in [3.05, 3.63) is 0 Å². The van der Waals surface area contributed by atoms with E-state index in [0.29, 0.717) is 13.0 Å². The number of nitrogens with zero attached hydrogens (tertiary/aromatic N) is 1. The van der Waals surface area contributed by atoms with Gasteiger partial charge in [-0.15, -0.1) is 0 Å². The number of carbonyl (C=O) groups excluding carboxylic acids is 1. The van der Waals surface area contributed by atoms with E-state index in [0.717, 1.165) is 6.54 Å². The smallest absolute Gasteiger partial charge is 0.134 e. The number of rotatable bonds is 4. The fourth-order valence-corrected chi connectivity index (χ4v) is 0.780. The molecule has 1 amide bonds. The van der Waals surface area contributed by atoms with Crippen molar-refractivity contribution in [2.45, 2.75) is 26.3 Å². The van der Waals surface area contributed by atoms with Crippen molar-refractivity contribution in [3.8, 4) is 11.8 Å². The summed E-state index contributed by atoms with van der Waals surface area (Å²) in [5.74, 6) is 5.87. The maximum atomic E-state index is 10.1. The predicted octanol–water partition coefficient (Wildman–Crippen LogP) is -0.347. The van der Waals surface area contributed by atoms with Gasteiger partial charge in [-0.1, -0.05) is 18.8 Å². The molecule has 0 spiro atoms. The highest BCUT2D eigenvalue weighted by Gasteiger charge is 1.96. The molecule has 4 nitrogen and oxygen atoms in total. The van der Waals surface area contributed by atoms with Crippen LogP contribution < -0.4 is 10.4 Å². The van der Waals surface area contributed by atoms with Crippen LogP contribution >= 0.6 is 0 Å². The van der Waals surface area contributed by atoms with E-state index in [4.69, 9.17) is 0 Å². The SMILES string of the molecule is CCN(C)CC#CCC(C)NC(=O)[O-]. The first-order chi connectivity index (χ1) is 6.56. The third-order valence-electron chi connectivity index (χ3n) is 1.79. The van der Waals surface area contributed by atoms with Gasteiger partial charge in [-0.2, -0.15) is 0 Å². The first kappa shape index (κ1) is 12.8. The van der Waals surface area contributed by atoms with Crippen molar-refractivity contribution >= 4 is 6.09 Å². The van der Waals surface area contributed by atoms with Crippen molar-refractivity contribution in [2.75, 3.05) is 20.1 Å². The molecule has 1 unspecified atom stereocenters. The molecule has 80 valence electrons. The standard InChI is InChI=1S/C10H18N2O2/c1-4-12(3)8-6-5-7-9(2)11-10(13)14/h9,11H,4,7-8H2,1-3H3,(H,13,14)/p-1. The molecule has 0 aliphatic heterocycles. The summed E-state index contributed by atoms with van der Waals surface area (Å²) in [6.45, 7) is 5.49. The molecule has 0 aromatic rings. The molecular weight excluding hydrogens is 180 g/mol. The Morgan fingerprint density at radius 2 is 2.21 bits per heavy atom. The number of hydrogen-bond donors (Lipinski definition) is 1. The van der Waals surface area contributed by atoms with E-state index in [2.05, 4.69) is 29.0 Å². The Morgan fingerprint density at radius 1 is 1.57 bits per heavy atom. The Kier molecular flexibility index (Phi) is 6.59. The van der Waals surface area contributed by atoms with Crippen molar-refractivity contribution in [1.82, 2.24) is 10.2 Å². The summed E-state index contributed by atoms with van der Waals surface area (Å²) in [5.41, 5.74) is 0. The van der Waals surface area contributed by atoms with Crippen molar-refractivity contribution in [3.63, 3.8) is 0 Å². The molecule has 0 aliphatic rings. The zero-order valence-corrected chi connectivity index (χ0v) is 8.96. The fraction of sp³-hybridized carbons (Fsp3) is 0.700. The van der Waals surface area contributed by atoms with Gasteiger partial charge in [0, 0.05) is 12.5 Å². The van der Waals surface area contributed by atoms with E-state index in [9.17, 15) is 9.90 Å². The molecule has 4 heteroatoms. The van der Waals surface area contributed by atoms with Crippen LogP contribution in [0.5, 0.6) is 0 Å². The van der Waals surface area contributed by atoms with Gasteiger partial charge in [0.2, 0.25) is 0 Å². The third kappa shape index (κ3) is 7.44. The first-order valence-electron chi connectivity index (χ1n) is 4.68. The lowest BCUT2D eigenvalue weighted by molar-refractivity contribution is -0.251. The molecule has 0 fully saturated rings. The molecule has 0 heterocycles. The Hall–Kier alpha value is -1.21. The number of hydrogen-bond acceptors (Lipinski definition) is 3. The van der Waals surface area contributed by atoms with Crippen molar-refractivity contribution in [2.24, 2.45) is 0 Å². The lowest BCUT2D eigenvalue weighted by Crippen LogP contribution is -2.41. The molecule has 0 bridgehead atoms. The molecule has 0 saturated carbocycles. The Bertz CT molecular complexity index is 230. The summed E-state index contributed by atoms with van der Waals surface area (Å²) in [4.78, 5) is 12.2. The Balaban J connectivity index is 3.64. The average molecular weight is 197 g/mol. The van der Waals surface area contributed by atoms with Crippen LogP contribution in [-0.2, 0) is 0 Å². The summed E-state index contributed by atoms with van der Waals surface area (Å²) in [5, 5.41) is 12.4. The van der Waals surface area contributed by atoms with Crippen molar-refractivity contribution < 1.29 is 9.90 Å². The van der Waals surface area contributed by atoms with E-state index in [-0.39, 0.29) is 6.04 Å². The first-order valence-corrected chi connectivity index (χ1v) is 4.68. The lowest BCUT2D eigenvalue weighted by atomic mass is 10.2. The van der Waals surface area contributed by atoms with Crippen LogP contribution in [0.1, 0.15) is 20.3 Å². The largest absolute Gasteiger partial charge is 0.530 e. The van der Waals surface area contributed by atoms with Crippen LogP contribution in [0, 0.1) is 11.8 Å². The second-order valence-corrected chi connectivity index (χ2v) is 3.22. The van der Waals surface area contributed by atoms with E-state index in [1.807, 2.05) is 7.05 Å². The monoisotopic (exact) mass is 197 g/mol. The summed E-state index contributed by atoms with van der Waals surface area (Å²) in [6, 6.07) is -0.167. The summed E-state index contributed by atoms with van der Waals surface area (Å²) in [6.07, 6.45) is -0.726. The maximum absolute atomic E-state index is 10.1. The summed E-state index contributed by atoms with van der Waals surface area (Å²) < 4.78 is 0. The number of amides is 1. The summed E-state index contributed by atoms with van der Waals surface area (Å²) >= 11 is 0. The second-order valence-electron chi connectivity index (χ2n) is 3.22. The minimum absolute atomic E-state index is 0.167. The lowest BCUT2D eigenvalue weighted by Gasteiger charge is -2.12. The quantitative estimate of drug-likeness (QED) is 0.627. The van der Waals surface area contributed by atoms with Gasteiger partial charge in [-0.3, -0.25) is 4.90 Å². The zero-order chi connectivity index (χ0) is 11.0. The zero-order valence-electron chi connectivity index (χ0n) is 8.96. The molecule has 0 radical (unpaired) electrons. The van der Waals surface area contributed by atoms with Gasteiger partial charge in [0.25, 0.3) is 0 Å². The van der Waals surface area contributed by atoms with Gasteiger partial charge in [0.1, 0.15) is 6.09 Å². The van der Waals surface area contributed by atoms with Gasteiger partial charge in [0.15, 0.2) is 0 Å². The number of carboxylic acid groups (broad SMARTS) is 1. The molecule has 1 atom stereocenters. The minimum Gasteiger partial charge on any atom is -0.530 e. The second kappa shape index (κ2) is 7.22. The highest BCUT2D eigenvalue weighted by atomic mass is 16.4. The van der Waals surface area contributed by atoms with Crippen molar-refractivity contribution in [1.29, 1.82) is 0 Å². The van der Waals surface area contributed by atoms with Crippen LogP contribution in [0.25, 0.3) is 0 Å². The fourth-order valence-electron chi connectivity index (χ4n) is 0.780. The third-order valence-corrected chi connectivity index (χ3v) is 1.79. The highest BCUT2D eigenvalue weighted by molar-refractivity contribution is 5.62. The minimum atomic E-state index is -1.25. The van der Waals surface area contributed by atoms with E-state index < -0.39 is 6.09 Å². The predicted molar refractivity (Wildman–Crippen MR) is 53.6 cm³/mol. The molecule has 0 saturated heterocycles. The van der Waals surface area contributed by atoms with Gasteiger partial charge in [-0.05, 0) is 20.5 Å². The molecular formula is C10H17N2O2-. The van der Waals surface area contributed by atoms with Crippen LogP contribution in [-0.4, -0.2) is 37.2 Å². The Labute approximate surface area is 85.3 Å². The normalized spacial score (nSPS) is 11.7. The molecule has 0 aromatic heterocycles. The Morgan fingerprint density at radius 3 is 2.71 bits per heavy atom. The molecule has 14 heavy (non-hydrogen) atoms. The molecule has 0 aliphatic carbocycles. The average Bonchev–Trinajstić information content (AvgIpc) is 2.10. The molecule has 1 N–H and O–H groups in total. The van der Waals surface area contributed by atoms with Crippen LogP contribution in [0.4, 0.5) is 4.79 Å². The van der Waals surface area contributed by atoms with Gasteiger partial charge < -0.3 is 15.2 Å². The van der Waals surface area contributed by atoms with Crippen LogP contribution in [0.3, 0.4) is 0 Å². The highest BCUT2D eigenvalue weighted by Crippen LogP contribution is 1.87. The van der Waals surface area contributed by atoms with Crippen LogP contribution in [0.15, 0.2) is 0 Å². The maximum Gasteiger partial charge on any atom is 0.134 e. The molecule has 0 aromatic carbocycles. The van der Waals surface area contributed by atoms with E-state index in [1.54, 1.807) is 6.92 Å². The van der Waals surface area contributed by atoms with E-state index >= 15 is 0 Å². The van der Waals surface area contributed by atoms with E-state index in [1.165, 1.54) is 0 Å².